The molecule has 2 heterocycles. The van der Waals surface area contributed by atoms with Gasteiger partial charge in [0, 0.05) is 29.6 Å². The number of anilines is 1. The number of para-hydroxylation sites is 1. The maximum absolute atomic E-state index is 13.6. The highest BCUT2D eigenvalue weighted by Crippen LogP contribution is 2.39. The van der Waals surface area contributed by atoms with Gasteiger partial charge in [0.05, 0.1) is 11.1 Å². The number of aromatic nitrogens is 1. The van der Waals surface area contributed by atoms with Gasteiger partial charge in [-0.05, 0) is 24.1 Å². The normalized spacial score (nSPS) is 15.8. The molecule has 0 bridgehead atoms. The van der Waals surface area contributed by atoms with Crippen LogP contribution >= 0.6 is 0 Å². The number of hydrogen-bond donors (Lipinski definition) is 0. The van der Waals surface area contributed by atoms with E-state index in [9.17, 15) is 9.59 Å². The van der Waals surface area contributed by atoms with Crippen LogP contribution in [0.15, 0.2) is 84.9 Å². The molecule has 0 spiro atoms. The van der Waals surface area contributed by atoms with Crippen LogP contribution in [-0.4, -0.2) is 22.8 Å². The van der Waals surface area contributed by atoms with Crippen molar-refractivity contribution in [1.29, 1.82) is 0 Å². The van der Waals surface area contributed by atoms with E-state index in [0.29, 0.717) is 29.1 Å². The Morgan fingerprint density at radius 3 is 2.07 bits per heavy atom. The molecule has 4 aromatic rings. The number of nitrogens with zero attached hydrogens (tertiary/aromatic N) is 2. The molecule has 1 unspecified atom stereocenters. The molecule has 3 aromatic carbocycles. The Morgan fingerprint density at radius 2 is 1.37 bits per heavy atom. The van der Waals surface area contributed by atoms with Gasteiger partial charge in [-0.2, -0.15) is 0 Å². The number of fused-ring (bicyclic) bond motifs is 3. The van der Waals surface area contributed by atoms with Crippen molar-refractivity contribution in [3.8, 4) is 0 Å². The summed E-state index contributed by atoms with van der Waals surface area (Å²) in [6.07, 6.45) is 0. The second-order valence-corrected chi connectivity index (χ2v) is 7.91. The van der Waals surface area contributed by atoms with Crippen LogP contribution in [-0.2, 0) is 6.54 Å². The number of rotatable bonds is 3. The molecule has 148 valence electrons. The molecule has 1 atom stereocenters. The minimum Gasteiger partial charge on any atom is -0.326 e. The summed E-state index contributed by atoms with van der Waals surface area (Å²) < 4.78 is 2.14. The molecule has 30 heavy (non-hydrogen) atoms. The second kappa shape index (κ2) is 7.30. The van der Waals surface area contributed by atoms with E-state index >= 15 is 0 Å². The molecular formula is C26H22N2O2. The lowest BCUT2D eigenvalue weighted by Crippen LogP contribution is -2.42. The highest BCUT2D eigenvalue weighted by atomic mass is 16.2. The monoisotopic (exact) mass is 394 g/mol. The van der Waals surface area contributed by atoms with Crippen LogP contribution in [0.5, 0.6) is 0 Å². The van der Waals surface area contributed by atoms with E-state index in [-0.39, 0.29) is 17.6 Å². The summed E-state index contributed by atoms with van der Waals surface area (Å²) >= 11 is 0. The molecule has 0 saturated heterocycles. The van der Waals surface area contributed by atoms with Gasteiger partial charge in [-0.15, -0.1) is 0 Å². The Bertz CT molecular complexity index is 1240. The predicted octanol–water partition coefficient (Wildman–Crippen LogP) is 5.17. The van der Waals surface area contributed by atoms with Gasteiger partial charge in [0.25, 0.3) is 5.91 Å². The summed E-state index contributed by atoms with van der Waals surface area (Å²) in [4.78, 5) is 28.9. The summed E-state index contributed by atoms with van der Waals surface area (Å²) in [6.45, 7) is 3.50. The summed E-state index contributed by atoms with van der Waals surface area (Å²) in [7, 11) is 0. The van der Waals surface area contributed by atoms with Crippen molar-refractivity contribution < 1.29 is 9.59 Å². The average molecular weight is 394 g/mol. The zero-order chi connectivity index (χ0) is 20.7. The molecule has 0 N–H and O–H groups in total. The molecule has 1 aromatic heterocycles. The number of carbonyl (C=O) groups is 2. The number of hydrogen-bond acceptors (Lipinski definition) is 2. The molecule has 5 rings (SSSR count). The van der Waals surface area contributed by atoms with Crippen LogP contribution in [0.4, 0.5) is 5.82 Å². The van der Waals surface area contributed by atoms with E-state index in [1.54, 1.807) is 4.90 Å². The number of amides is 1. The van der Waals surface area contributed by atoms with Gasteiger partial charge in [0.2, 0.25) is 0 Å². The van der Waals surface area contributed by atoms with Gasteiger partial charge in [-0.25, -0.2) is 0 Å². The topological polar surface area (TPSA) is 42.3 Å². The van der Waals surface area contributed by atoms with Gasteiger partial charge in [-0.1, -0.05) is 73.7 Å². The van der Waals surface area contributed by atoms with Crippen molar-refractivity contribution in [1.82, 2.24) is 4.57 Å². The van der Waals surface area contributed by atoms with Gasteiger partial charge < -0.3 is 4.57 Å². The Morgan fingerprint density at radius 1 is 0.767 bits per heavy atom. The molecule has 1 amide bonds. The summed E-state index contributed by atoms with van der Waals surface area (Å²) in [5.74, 6) is 0.854. The van der Waals surface area contributed by atoms with Crippen LogP contribution in [0.25, 0.3) is 10.9 Å². The third kappa shape index (κ3) is 2.92. The molecule has 0 aliphatic carbocycles. The molecular weight excluding hydrogens is 372 g/mol. The van der Waals surface area contributed by atoms with Crippen LogP contribution in [0.3, 0.4) is 0 Å². The van der Waals surface area contributed by atoms with Crippen molar-refractivity contribution in [3.05, 3.63) is 102 Å². The van der Waals surface area contributed by atoms with Crippen molar-refractivity contribution in [2.45, 2.75) is 13.5 Å². The SMILES string of the molecule is CC1CN(C(=O)c2ccccc2)c2c(C(=O)c3ccccc3)c3ccccc3n2C1. The smallest absolute Gasteiger partial charge is 0.259 e. The van der Waals surface area contributed by atoms with E-state index in [2.05, 4.69) is 11.5 Å². The Hall–Kier alpha value is -3.66. The van der Waals surface area contributed by atoms with Crippen molar-refractivity contribution in [2.24, 2.45) is 5.92 Å². The zero-order valence-corrected chi connectivity index (χ0v) is 16.8. The van der Waals surface area contributed by atoms with Gasteiger partial charge in [-0.3, -0.25) is 14.5 Å². The Balaban J connectivity index is 1.76. The quantitative estimate of drug-likeness (QED) is 0.450. The lowest BCUT2D eigenvalue weighted by atomic mass is 10.00. The minimum absolute atomic E-state index is 0.0547. The van der Waals surface area contributed by atoms with Crippen molar-refractivity contribution >= 4 is 28.4 Å². The first-order valence-corrected chi connectivity index (χ1v) is 10.2. The van der Waals surface area contributed by atoms with Crippen LogP contribution in [0.2, 0.25) is 0 Å². The zero-order valence-electron chi connectivity index (χ0n) is 16.8. The first-order chi connectivity index (χ1) is 14.6. The van der Waals surface area contributed by atoms with E-state index < -0.39 is 0 Å². The molecule has 0 radical (unpaired) electrons. The van der Waals surface area contributed by atoms with Crippen molar-refractivity contribution in [2.75, 3.05) is 11.4 Å². The Kier molecular flexibility index (Phi) is 4.47. The number of carbonyl (C=O) groups excluding carboxylic acids is 2. The fourth-order valence-electron chi connectivity index (χ4n) is 4.40. The summed E-state index contributed by atoms with van der Waals surface area (Å²) in [5, 5.41) is 0.890. The molecule has 0 saturated carbocycles. The number of ketones is 1. The van der Waals surface area contributed by atoms with Gasteiger partial charge >= 0.3 is 0 Å². The minimum atomic E-state index is -0.0756. The second-order valence-electron chi connectivity index (χ2n) is 7.91. The van der Waals surface area contributed by atoms with E-state index in [1.165, 1.54) is 0 Å². The van der Waals surface area contributed by atoms with Crippen LogP contribution in [0.1, 0.15) is 33.2 Å². The molecule has 1 aliphatic heterocycles. The van der Waals surface area contributed by atoms with Gasteiger partial charge in [0.15, 0.2) is 5.78 Å². The standard InChI is InChI=1S/C26H22N2O2/c1-18-16-27-22-15-9-8-14-21(22)23(24(29)19-10-4-2-5-11-19)25(27)28(17-18)26(30)20-12-6-3-7-13-20/h2-15,18H,16-17H2,1H3. The fraction of sp³-hybridized carbons (Fsp3) is 0.154. The summed E-state index contributed by atoms with van der Waals surface area (Å²) in [6, 6.07) is 26.5. The van der Waals surface area contributed by atoms with Crippen LogP contribution < -0.4 is 4.90 Å². The van der Waals surface area contributed by atoms with Crippen LogP contribution in [0, 0.1) is 5.92 Å². The lowest BCUT2D eigenvalue weighted by molar-refractivity contribution is 0.0976. The molecule has 0 fully saturated rings. The first kappa shape index (κ1) is 18.4. The third-order valence-electron chi connectivity index (χ3n) is 5.72. The first-order valence-electron chi connectivity index (χ1n) is 10.2. The lowest BCUT2D eigenvalue weighted by Gasteiger charge is -2.34. The van der Waals surface area contributed by atoms with E-state index in [4.69, 9.17) is 0 Å². The third-order valence-corrected chi connectivity index (χ3v) is 5.72. The molecule has 4 heteroatoms. The van der Waals surface area contributed by atoms with E-state index in [1.807, 2.05) is 84.9 Å². The predicted molar refractivity (Wildman–Crippen MR) is 119 cm³/mol. The fourth-order valence-corrected chi connectivity index (χ4v) is 4.40. The molecule has 1 aliphatic rings. The highest BCUT2D eigenvalue weighted by molar-refractivity contribution is 6.22. The number of benzene rings is 3. The maximum Gasteiger partial charge on any atom is 0.259 e. The summed E-state index contributed by atoms with van der Waals surface area (Å²) in [5.41, 5.74) is 2.85. The molecule has 4 nitrogen and oxygen atoms in total. The largest absolute Gasteiger partial charge is 0.326 e. The highest BCUT2D eigenvalue weighted by Gasteiger charge is 2.34. The van der Waals surface area contributed by atoms with E-state index in [0.717, 1.165) is 17.4 Å². The Labute approximate surface area is 175 Å². The maximum atomic E-state index is 13.6. The average Bonchev–Trinajstić information content (AvgIpc) is 3.13. The van der Waals surface area contributed by atoms with Crippen molar-refractivity contribution in [3.63, 3.8) is 0 Å². The van der Waals surface area contributed by atoms with Gasteiger partial charge in [0.1, 0.15) is 5.82 Å².